The SMILES string of the molecule is [B]c1cccc(CN2CCN(C)CC2)c1. The molecule has 3 heteroatoms. The molecule has 78 valence electrons. The summed E-state index contributed by atoms with van der Waals surface area (Å²) >= 11 is 0. The molecule has 15 heavy (non-hydrogen) atoms. The van der Waals surface area contributed by atoms with Gasteiger partial charge in [0.2, 0.25) is 0 Å². The van der Waals surface area contributed by atoms with Crippen LogP contribution in [0, 0.1) is 0 Å². The quantitative estimate of drug-likeness (QED) is 0.630. The van der Waals surface area contributed by atoms with Crippen LogP contribution in [0.15, 0.2) is 24.3 Å². The van der Waals surface area contributed by atoms with Gasteiger partial charge in [0, 0.05) is 32.7 Å². The molecule has 2 radical (unpaired) electrons. The van der Waals surface area contributed by atoms with Gasteiger partial charge in [0.05, 0.1) is 0 Å². The van der Waals surface area contributed by atoms with E-state index in [0.29, 0.717) is 0 Å². The Morgan fingerprint density at radius 1 is 1.20 bits per heavy atom. The molecule has 2 nitrogen and oxygen atoms in total. The highest BCUT2D eigenvalue weighted by atomic mass is 15.2. The third kappa shape index (κ3) is 3.08. The first-order valence-electron chi connectivity index (χ1n) is 5.49. The molecule has 2 rings (SSSR count). The molecule has 0 unspecified atom stereocenters. The lowest BCUT2D eigenvalue weighted by Crippen LogP contribution is -2.43. The number of hydrogen-bond acceptors (Lipinski definition) is 2. The maximum Gasteiger partial charge on any atom is 0.113 e. The second-order valence-corrected chi connectivity index (χ2v) is 4.32. The summed E-state index contributed by atoms with van der Waals surface area (Å²) in [4.78, 5) is 4.85. The highest BCUT2D eigenvalue weighted by molar-refractivity contribution is 6.32. The van der Waals surface area contributed by atoms with Crippen LogP contribution in [0.25, 0.3) is 0 Å². The summed E-state index contributed by atoms with van der Waals surface area (Å²) in [5.74, 6) is 0. The maximum absolute atomic E-state index is 5.76. The second-order valence-electron chi connectivity index (χ2n) is 4.32. The number of benzene rings is 1. The van der Waals surface area contributed by atoms with E-state index in [0.717, 1.165) is 25.1 Å². The Morgan fingerprint density at radius 3 is 2.60 bits per heavy atom. The van der Waals surface area contributed by atoms with Crippen LogP contribution < -0.4 is 5.46 Å². The van der Waals surface area contributed by atoms with Crippen LogP contribution in [0.3, 0.4) is 0 Å². The molecule has 1 fully saturated rings. The molecule has 1 aromatic rings. The maximum atomic E-state index is 5.76. The number of nitrogens with zero attached hydrogens (tertiary/aromatic N) is 2. The van der Waals surface area contributed by atoms with Gasteiger partial charge in [0.15, 0.2) is 0 Å². The van der Waals surface area contributed by atoms with Crippen molar-refractivity contribution in [2.24, 2.45) is 0 Å². The van der Waals surface area contributed by atoms with E-state index in [1.807, 2.05) is 12.1 Å². The molecule has 0 bridgehead atoms. The van der Waals surface area contributed by atoms with E-state index in [1.54, 1.807) is 0 Å². The Kier molecular flexibility index (Phi) is 3.44. The summed E-state index contributed by atoms with van der Waals surface area (Å²) in [6.07, 6.45) is 0. The summed E-state index contributed by atoms with van der Waals surface area (Å²) in [5, 5.41) is 0. The van der Waals surface area contributed by atoms with Crippen molar-refractivity contribution in [2.75, 3.05) is 33.2 Å². The lowest BCUT2D eigenvalue weighted by molar-refractivity contribution is 0.148. The van der Waals surface area contributed by atoms with Crippen molar-refractivity contribution in [2.45, 2.75) is 6.54 Å². The van der Waals surface area contributed by atoms with Crippen LogP contribution in [-0.4, -0.2) is 50.9 Å². The van der Waals surface area contributed by atoms with Crippen LogP contribution >= 0.6 is 0 Å². The van der Waals surface area contributed by atoms with Gasteiger partial charge in [-0.05, 0) is 12.6 Å². The van der Waals surface area contributed by atoms with Gasteiger partial charge < -0.3 is 4.90 Å². The second kappa shape index (κ2) is 4.82. The minimum atomic E-state index is 0.863. The normalized spacial score (nSPS) is 19.3. The van der Waals surface area contributed by atoms with Crippen LogP contribution in [0.2, 0.25) is 0 Å². The first-order valence-corrected chi connectivity index (χ1v) is 5.49. The zero-order valence-electron chi connectivity index (χ0n) is 9.32. The lowest BCUT2D eigenvalue weighted by Gasteiger charge is -2.32. The zero-order chi connectivity index (χ0) is 10.7. The minimum Gasteiger partial charge on any atom is -0.304 e. The van der Waals surface area contributed by atoms with Gasteiger partial charge in [-0.2, -0.15) is 0 Å². The van der Waals surface area contributed by atoms with Gasteiger partial charge in [-0.1, -0.05) is 29.7 Å². The first kappa shape index (κ1) is 10.7. The molecule has 0 amide bonds. The summed E-state index contributed by atoms with van der Waals surface area (Å²) < 4.78 is 0. The number of likely N-dealkylation sites (N-methyl/N-ethyl adjacent to an activating group) is 1. The van der Waals surface area contributed by atoms with E-state index < -0.39 is 0 Å². The topological polar surface area (TPSA) is 6.48 Å². The van der Waals surface area contributed by atoms with E-state index in [-0.39, 0.29) is 0 Å². The Balaban J connectivity index is 1.92. The molecule has 1 aliphatic rings. The van der Waals surface area contributed by atoms with E-state index in [9.17, 15) is 0 Å². The van der Waals surface area contributed by atoms with Crippen molar-refractivity contribution in [1.29, 1.82) is 0 Å². The molecule has 1 heterocycles. The average molecular weight is 200 g/mol. The summed E-state index contributed by atoms with van der Waals surface area (Å²) in [5.41, 5.74) is 2.18. The third-order valence-electron chi connectivity index (χ3n) is 2.95. The number of hydrogen-bond donors (Lipinski definition) is 0. The van der Waals surface area contributed by atoms with Crippen LogP contribution in [-0.2, 0) is 6.54 Å². The highest BCUT2D eigenvalue weighted by Crippen LogP contribution is 2.06. The molecule has 0 spiro atoms. The molecular formula is C12H17BN2. The van der Waals surface area contributed by atoms with Gasteiger partial charge in [0.1, 0.15) is 7.85 Å². The lowest BCUT2D eigenvalue weighted by atomic mass is 9.94. The fraction of sp³-hybridized carbons (Fsp3) is 0.500. The van der Waals surface area contributed by atoms with Gasteiger partial charge >= 0.3 is 0 Å². The Hall–Kier alpha value is -0.795. The van der Waals surface area contributed by atoms with Crippen LogP contribution in [0.5, 0.6) is 0 Å². The summed E-state index contributed by atoms with van der Waals surface area (Å²) in [6, 6.07) is 8.18. The highest BCUT2D eigenvalue weighted by Gasteiger charge is 2.13. The van der Waals surface area contributed by atoms with Crippen molar-refractivity contribution in [1.82, 2.24) is 9.80 Å². The molecule has 0 aliphatic carbocycles. The zero-order valence-corrected chi connectivity index (χ0v) is 9.32. The van der Waals surface area contributed by atoms with Gasteiger partial charge in [0.25, 0.3) is 0 Å². The average Bonchev–Trinajstić information content (AvgIpc) is 2.22. The smallest absolute Gasteiger partial charge is 0.113 e. The molecule has 1 aromatic carbocycles. The fourth-order valence-electron chi connectivity index (χ4n) is 1.96. The predicted molar refractivity (Wildman–Crippen MR) is 64.6 cm³/mol. The third-order valence-corrected chi connectivity index (χ3v) is 2.95. The first-order chi connectivity index (χ1) is 7.24. The summed E-state index contributed by atoms with van der Waals surface area (Å²) in [7, 11) is 7.94. The molecule has 0 N–H and O–H groups in total. The standard InChI is InChI=1S/C12H17BN2/c1-14-5-7-15(8-6-14)10-11-3-2-4-12(13)9-11/h2-4,9H,5-8,10H2,1H3. The van der Waals surface area contributed by atoms with Crippen LogP contribution in [0.4, 0.5) is 0 Å². The molecular weight excluding hydrogens is 183 g/mol. The summed E-state index contributed by atoms with van der Waals surface area (Å²) in [6.45, 7) is 5.68. The number of piperazine rings is 1. The van der Waals surface area contributed by atoms with Gasteiger partial charge in [-0.15, -0.1) is 0 Å². The number of rotatable bonds is 2. The van der Waals surface area contributed by atoms with Crippen LogP contribution in [0.1, 0.15) is 5.56 Å². The van der Waals surface area contributed by atoms with Crippen molar-refractivity contribution in [3.63, 3.8) is 0 Å². The van der Waals surface area contributed by atoms with Gasteiger partial charge in [-0.3, -0.25) is 4.90 Å². The van der Waals surface area contributed by atoms with E-state index in [2.05, 4.69) is 29.0 Å². The van der Waals surface area contributed by atoms with Gasteiger partial charge in [-0.25, -0.2) is 0 Å². The Morgan fingerprint density at radius 2 is 1.93 bits per heavy atom. The monoisotopic (exact) mass is 200 g/mol. The molecule has 0 saturated carbocycles. The van der Waals surface area contributed by atoms with Crippen molar-refractivity contribution < 1.29 is 0 Å². The van der Waals surface area contributed by atoms with Crippen molar-refractivity contribution in [3.8, 4) is 0 Å². The molecule has 1 aliphatic heterocycles. The Labute approximate surface area is 93.3 Å². The van der Waals surface area contributed by atoms with E-state index >= 15 is 0 Å². The molecule has 0 aromatic heterocycles. The van der Waals surface area contributed by atoms with Crippen molar-refractivity contribution in [3.05, 3.63) is 29.8 Å². The fourth-order valence-corrected chi connectivity index (χ4v) is 1.96. The largest absolute Gasteiger partial charge is 0.304 e. The molecule has 0 atom stereocenters. The van der Waals surface area contributed by atoms with Crippen molar-refractivity contribution >= 4 is 13.3 Å². The predicted octanol–water partition coefficient (Wildman–Crippen LogP) is 0.228. The van der Waals surface area contributed by atoms with E-state index in [4.69, 9.17) is 7.85 Å². The Bertz CT molecular complexity index is 319. The van der Waals surface area contributed by atoms with E-state index in [1.165, 1.54) is 18.7 Å². The molecule has 1 saturated heterocycles. The minimum absolute atomic E-state index is 0.863.